The van der Waals surface area contributed by atoms with Gasteiger partial charge in [0.25, 0.3) is 0 Å². The van der Waals surface area contributed by atoms with Crippen LogP contribution in [0.25, 0.3) is 27.8 Å². The first-order valence-electron chi connectivity index (χ1n) is 11.2. The number of carboxylic acids is 1. The number of hydrogen-bond acceptors (Lipinski definition) is 4. The largest absolute Gasteiger partial charge is 0.494 e. The Morgan fingerprint density at radius 1 is 1.36 bits per heavy atom. The van der Waals surface area contributed by atoms with Crippen molar-refractivity contribution < 1.29 is 19.0 Å². The highest BCUT2D eigenvalue weighted by molar-refractivity contribution is 5.94. The van der Waals surface area contributed by atoms with E-state index >= 15 is 0 Å². The van der Waals surface area contributed by atoms with Crippen LogP contribution in [0, 0.1) is 11.2 Å². The summed E-state index contributed by atoms with van der Waals surface area (Å²) in [6.45, 7) is 6.07. The summed E-state index contributed by atoms with van der Waals surface area (Å²) in [5.74, 6) is -0.831. The summed E-state index contributed by atoms with van der Waals surface area (Å²) in [6.07, 6.45) is 3.68. The average Bonchev–Trinajstić information content (AvgIpc) is 3.48. The van der Waals surface area contributed by atoms with E-state index in [2.05, 4.69) is 28.6 Å². The predicted octanol–water partition coefficient (Wildman–Crippen LogP) is 5.53. The Morgan fingerprint density at radius 2 is 2.15 bits per heavy atom. The number of aliphatic carboxylic acids is 1. The Hall–Kier alpha value is -3.42. The van der Waals surface area contributed by atoms with Gasteiger partial charge >= 0.3 is 5.97 Å². The Balaban J connectivity index is 1.83. The van der Waals surface area contributed by atoms with Crippen molar-refractivity contribution in [2.24, 2.45) is 5.41 Å². The zero-order valence-electron chi connectivity index (χ0n) is 19.1. The van der Waals surface area contributed by atoms with Gasteiger partial charge in [-0.15, -0.1) is 0 Å². The molecule has 2 N–H and O–H groups in total. The summed E-state index contributed by atoms with van der Waals surface area (Å²) < 4.78 is 21.6. The molecule has 4 aromatic rings. The number of hydrogen-bond donors (Lipinski definition) is 2. The van der Waals surface area contributed by atoms with Gasteiger partial charge < -0.3 is 14.4 Å². The van der Waals surface area contributed by atoms with Gasteiger partial charge in [0.2, 0.25) is 0 Å². The number of halogens is 1. The highest BCUT2D eigenvalue weighted by Gasteiger charge is 2.44. The van der Waals surface area contributed by atoms with E-state index in [0.29, 0.717) is 18.5 Å². The van der Waals surface area contributed by atoms with Crippen molar-refractivity contribution in [2.45, 2.75) is 51.9 Å². The Labute approximate surface area is 190 Å². The molecule has 1 saturated carbocycles. The maximum absolute atomic E-state index is 14.2. The molecule has 172 valence electrons. The van der Waals surface area contributed by atoms with Crippen LogP contribution in [0.4, 0.5) is 4.39 Å². The van der Waals surface area contributed by atoms with E-state index in [-0.39, 0.29) is 17.6 Å². The maximum Gasteiger partial charge on any atom is 0.309 e. The predicted molar refractivity (Wildman–Crippen MR) is 124 cm³/mol. The maximum atomic E-state index is 14.2. The number of aromatic nitrogens is 4. The lowest BCUT2D eigenvalue weighted by Crippen LogP contribution is -2.23. The fourth-order valence-corrected chi connectivity index (χ4v) is 5.33. The highest BCUT2D eigenvalue weighted by atomic mass is 19.1. The molecule has 1 aromatic carbocycles. The molecule has 0 saturated heterocycles. The first kappa shape index (κ1) is 21.4. The quantitative estimate of drug-likeness (QED) is 0.417. The first-order valence-corrected chi connectivity index (χ1v) is 11.2. The smallest absolute Gasteiger partial charge is 0.309 e. The van der Waals surface area contributed by atoms with Gasteiger partial charge in [-0.1, -0.05) is 13.8 Å². The van der Waals surface area contributed by atoms with Crippen LogP contribution >= 0.6 is 0 Å². The Morgan fingerprint density at radius 3 is 2.82 bits per heavy atom. The lowest BCUT2D eigenvalue weighted by molar-refractivity contribution is -0.147. The van der Waals surface area contributed by atoms with Gasteiger partial charge in [-0.25, -0.2) is 9.37 Å². The molecule has 0 bridgehead atoms. The number of carboxylic acid groups (broad SMARTS) is 1. The van der Waals surface area contributed by atoms with Crippen LogP contribution in [0.15, 0.2) is 30.5 Å². The standard InChI is InChI=1S/C25H27FN4O3/c1-13(2)22-20(14-7-8-25(3,11-14)24(31)32)21-18(9-15-12-27-29-23(15)28-21)30(22)16-5-6-17(26)19(10-16)33-4/h5-6,9-10,12-14H,7-8,11H2,1-4H3,(H,31,32)(H,27,28,29)/t14-,25-/m1/s1. The van der Waals surface area contributed by atoms with Crippen molar-refractivity contribution in [3.05, 3.63) is 47.5 Å². The number of H-pyrrole nitrogens is 1. The summed E-state index contributed by atoms with van der Waals surface area (Å²) in [5, 5.41) is 17.8. The third-order valence-corrected chi connectivity index (χ3v) is 7.02. The van der Waals surface area contributed by atoms with Crippen molar-refractivity contribution >= 4 is 28.0 Å². The molecule has 2 atom stereocenters. The van der Waals surface area contributed by atoms with Crippen LogP contribution in [0.3, 0.4) is 0 Å². The van der Waals surface area contributed by atoms with E-state index in [1.54, 1.807) is 18.3 Å². The fourth-order valence-electron chi connectivity index (χ4n) is 5.33. The molecular weight excluding hydrogens is 423 g/mol. The number of fused-ring (bicyclic) bond motifs is 2. The summed E-state index contributed by atoms with van der Waals surface area (Å²) >= 11 is 0. The summed E-state index contributed by atoms with van der Waals surface area (Å²) in [5.41, 5.74) is 4.56. The molecule has 8 heteroatoms. The van der Waals surface area contributed by atoms with E-state index in [9.17, 15) is 14.3 Å². The van der Waals surface area contributed by atoms with Crippen molar-refractivity contribution in [2.75, 3.05) is 7.11 Å². The van der Waals surface area contributed by atoms with E-state index in [1.807, 2.05) is 13.0 Å². The molecule has 5 rings (SSSR count). The van der Waals surface area contributed by atoms with Gasteiger partial charge in [0.15, 0.2) is 17.2 Å². The highest BCUT2D eigenvalue weighted by Crippen LogP contribution is 2.51. The second kappa shape index (κ2) is 7.57. The van der Waals surface area contributed by atoms with Crippen LogP contribution in [0.1, 0.15) is 63.1 Å². The Kier molecular flexibility index (Phi) is 4.92. The van der Waals surface area contributed by atoms with Gasteiger partial charge in [-0.05, 0) is 56.2 Å². The minimum Gasteiger partial charge on any atom is -0.494 e. The number of methoxy groups -OCH3 is 1. The number of carbonyl (C=O) groups is 1. The van der Waals surface area contributed by atoms with Gasteiger partial charge in [0.05, 0.1) is 29.8 Å². The SMILES string of the molecule is COc1cc(-n2c(C(C)C)c([C@@H]3CC[C@@](C)(C(=O)O)C3)c3nc4[nH]ncc4cc32)ccc1F. The van der Waals surface area contributed by atoms with E-state index in [0.717, 1.165) is 39.8 Å². The average molecular weight is 451 g/mol. The number of ether oxygens (including phenoxy) is 1. The molecule has 1 aliphatic rings. The molecule has 0 radical (unpaired) electrons. The minimum absolute atomic E-state index is 0.0578. The molecule has 7 nitrogen and oxygen atoms in total. The van der Waals surface area contributed by atoms with Gasteiger partial charge in [0, 0.05) is 28.4 Å². The van der Waals surface area contributed by atoms with Gasteiger partial charge in [-0.3, -0.25) is 9.89 Å². The molecule has 0 spiro atoms. The molecule has 1 fully saturated rings. The van der Waals surface area contributed by atoms with Gasteiger partial charge in [-0.2, -0.15) is 5.10 Å². The number of benzene rings is 1. The zero-order chi connectivity index (χ0) is 23.5. The molecule has 3 aromatic heterocycles. The van der Waals surface area contributed by atoms with Crippen LogP contribution in [-0.4, -0.2) is 37.9 Å². The number of nitrogens with zero attached hydrogens (tertiary/aromatic N) is 3. The second-order valence-corrected chi connectivity index (χ2v) is 9.58. The Bertz CT molecular complexity index is 1390. The molecule has 0 amide bonds. The second-order valence-electron chi connectivity index (χ2n) is 9.58. The zero-order valence-corrected chi connectivity index (χ0v) is 19.1. The van der Waals surface area contributed by atoms with E-state index in [4.69, 9.17) is 9.72 Å². The fraction of sp³-hybridized carbons (Fsp3) is 0.400. The number of rotatable bonds is 5. The summed E-state index contributed by atoms with van der Waals surface area (Å²) in [4.78, 5) is 16.9. The number of pyridine rings is 1. The van der Waals surface area contributed by atoms with Crippen molar-refractivity contribution in [1.82, 2.24) is 19.7 Å². The first-order chi connectivity index (χ1) is 15.7. The lowest BCUT2D eigenvalue weighted by Gasteiger charge is -2.20. The lowest BCUT2D eigenvalue weighted by atomic mass is 9.85. The minimum atomic E-state index is -0.759. The van der Waals surface area contributed by atoms with Crippen LogP contribution in [-0.2, 0) is 4.79 Å². The van der Waals surface area contributed by atoms with Crippen LogP contribution in [0.5, 0.6) is 5.75 Å². The molecule has 33 heavy (non-hydrogen) atoms. The summed E-state index contributed by atoms with van der Waals surface area (Å²) in [6, 6.07) is 6.88. The molecule has 0 aliphatic heterocycles. The van der Waals surface area contributed by atoms with Crippen molar-refractivity contribution in [3.63, 3.8) is 0 Å². The molecule has 0 unspecified atom stereocenters. The monoisotopic (exact) mass is 450 g/mol. The van der Waals surface area contributed by atoms with E-state index in [1.165, 1.54) is 13.2 Å². The van der Waals surface area contributed by atoms with Crippen molar-refractivity contribution in [3.8, 4) is 11.4 Å². The van der Waals surface area contributed by atoms with E-state index < -0.39 is 17.2 Å². The number of aromatic amines is 1. The molecular formula is C25H27FN4O3. The van der Waals surface area contributed by atoms with Crippen molar-refractivity contribution in [1.29, 1.82) is 0 Å². The van der Waals surface area contributed by atoms with Gasteiger partial charge in [0.1, 0.15) is 0 Å². The van der Waals surface area contributed by atoms with Crippen LogP contribution < -0.4 is 4.74 Å². The molecule has 3 heterocycles. The third kappa shape index (κ3) is 3.27. The topological polar surface area (TPSA) is 93.0 Å². The normalized spacial score (nSPS) is 20.8. The molecule has 1 aliphatic carbocycles. The number of nitrogens with one attached hydrogen (secondary N) is 1. The summed E-state index contributed by atoms with van der Waals surface area (Å²) in [7, 11) is 1.45. The third-order valence-electron chi connectivity index (χ3n) is 7.02. The van der Waals surface area contributed by atoms with Crippen LogP contribution in [0.2, 0.25) is 0 Å².